The molecule has 6 heteroatoms. The summed E-state index contributed by atoms with van der Waals surface area (Å²) in [5.74, 6) is 0.962. The molecule has 0 unspecified atom stereocenters. The molecule has 1 N–H and O–H groups in total. The average Bonchev–Trinajstić information content (AvgIpc) is 3.10. The van der Waals surface area contributed by atoms with Gasteiger partial charge in [0, 0.05) is 16.5 Å². The van der Waals surface area contributed by atoms with E-state index in [-0.39, 0.29) is 5.56 Å². The second-order valence-corrected chi connectivity index (χ2v) is 6.89. The number of aromatic nitrogens is 1. The average molecular weight is 410 g/mol. The third-order valence-corrected chi connectivity index (χ3v) is 5.00. The number of methoxy groups -OCH3 is 2. The van der Waals surface area contributed by atoms with Crippen molar-refractivity contribution in [1.82, 2.24) is 4.98 Å². The monoisotopic (exact) mass is 410 g/mol. The van der Waals surface area contributed by atoms with Crippen molar-refractivity contribution in [3.8, 4) is 33.9 Å². The number of halogens is 3. The van der Waals surface area contributed by atoms with Crippen LogP contribution >= 0.6 is 0 Å². The van der Waals surface area contributed by atoms with Crippen LogP contribution in [0.2, 0.25) is 0 Å². The van der Waals surface area contributed by atoms with Gasteiger partial charge in [0.15, 0.2) is 11.5 Å². The number of hydrogen-bond acceptors (Lipinski definition) is 2. The first kappa shape index (κ1) is 19.9. The molecule has 153 valence electrons. The van der Waals surface area contributed by atoms with Gasteiger partial charge < -0.3 is 14.5 Å². The number of ether oxygens (including phenoxy) is 2. The number of hydrogen-bond donors (Lipinski definition) is 1. The summed E-state index contributed by atoms with van der Waals surface area (Å²) in [6.07, 6.45) is -5.39. The first-order valence-electron chi connectivity index (χ1n) is 9.30. The molecule has 0 bridgehead atoms. The van der Waals surface area contributed by atoms with Crippen molar-refractivity contribution in [2.45, 2.75) is 12.6 Å². The highest BCUT2D eigenvalue weighted by Gasteiger charge is 2.31. The molecule has 0 fully saturated rings. The van der Waals surface area contributed by atoms with E-state index in [1.165, 1.54) is 14.2 Å². The molecule has 0 aliphatic heterocycles. The molecule has 1 heterocycles. The number of alkyl halides is 3. The summed E-state index contributed by atoms with van der Waals surface area (Å²) >= 11 is 0. The first-order chi connectivity index (χ1) is 14.4. The summed E-state index contributed by atoms with van der Waals surface area (Å²) < 4.78 is 51.0. The van der Waals surface area contributed by atoms with Gasteiger partial charge in [0.25, 0.3) is 0 Å². The highest BCUT2D eigenvalue weighted by atomic mass is 19.4. The van der Waals surface area contributed by atoms with Crippen LogP contribution in [-0.4, -0.2) is 25.4 Å². The minimum atomic E-state index is -4.35. The molecule has 0 saturated carbocycles. The van der Waals surface area contributed by atoms with Gasteiger partial charge in [-0.2, -0.15) is 13.2 Å². The largest absolute Gasteiger partial charge is 0.493 e. The lowest BCUT2D eigenvalue weighted by atomic mass is 9.99. The van der Waals surface area contributed by atoms with Gasteiger partial charge in [-0.05, 0) is 59.2 Å². The van der Waals surface area contributed by atoms with Crippen LogP contribution in [0.1, 0.15) is 5.56 Å². The summed E-state index contributed by atoms with van der Waals surface area (Å²) in [7, 11) is 3.00. The maximum Gasteiger partial charge on any atom is 0.393 e. The van der Waals surface area contributed by atoms with E-state index in [2.05, 4.69) is 11.1 Å². The molecule has 4 aromatic rings. The van der Waals surface area contributed by atoms with Crippen LogP contribution in [0.3, 0.4) is 0 Å². The lowest BCUT2D eigenvalue weighted by Crippen LogP contribution is -2.12. The van der Waals surface area contributed by atoms with E-state index in [0.717, 1.165) is 11.1 Å². The fourth-order valence-electron chi connectivity index (χ4n) is 3.62. The van der Waals surface area contributed by atoms with E-state index in [4.69, 9.17) is 9.47 Å². The zero-order valence-corrected chi connectivity index (χ0v) is 16.4. The summed E-state index contributed by atoms with van der Waals surface area (Å²) in [6, 6.07) is 20.9. The Bertz CT molecular complexity index is 1180. The van der Waals surface area contributed by atoms with Crippen molar-refractivity contribution in [3.63, 3.8) is 0 Å². The Labute approximate surface area is 172 Å². The van der Waals surface area contributed by atoms with Gasteiger partial charge in [-0.25, -0.2) is 0 Å². The van der Waals surface area contributed by atoms with Crippen molar-refractivity contribution >= 4 is 10.9 Å². The molecular formula is C24H19F3NO2. The smallest absolute Gasteiger partial charge is 0.393 e. The van der Waals surface area contributed by atoms with Crippen LogP contribution in [0.4, 0.5) is 13.2 Å². The van der Waals surface area contributed by atoms with Gasteiger partial charge >= 0.3 is 6.18 Å². The molecule has 1 aromatic heterocycles. The molecule has 4 rings (SSSR count). The summed E-state index contributed by atoms with van der Waals surface area (Å²) in [5, 5.41) is 0.540. The highest BCUT2D eigenvalue weighted by Crippen LogP contribution is 2.39. The van der Waals surface area contributed by atoms with Crippen LogP contribution in [0.25, 0.3) is 33.3 Å². The summed E-state index contributed by atoms with van der Waals surface area (Å²) in [6.45, 7) is 0. The SMILES string of the molecule is COc1ccc(-c2[nH]c3ccc(-c4c[c]ccc4)cc3c2CC(F)(F)F)cc1OC. The number of benzene rings is 3. The fourth-order valence-corrected chi connectivity index (χ4v) is 3.62. The van der Waals surface area contributed by atoms with E-state index in [9.17, 15) is 13.2 Å². The summed E-state index contributed by atoms with van der Waals surface area (Å²) in [4.78, 5) is 3.17. The van der Waals surface area contributed by atoms with Crippen molar-refractivity contribution in [3.05, 3.63) is 72.3 Å². The molecule has 3 nitrogen and oxygen atoms in total. The molecule has 0 atom stereocenters. The molecular weight excluding hydrogens is 391 g/mol. The maximum absolute atomic E-state index is 13.5. The Kier molecular flexibility index (Phi) is 5.16. The number of H-pyrrole nitrogens is 1. The van der Waals surface area contributed by atoms with E-state index in [1.54, 1.807) is 30.3 Å². The number of aromatic amines is 1. The Hall–Kier alpha value is -3.41. The molecule has 0 aliphatic carbocycles. The summed E-state index contributed by atoms with van der Waals surface area (Å²) in [5.41, 5.74) is 3.58. The lowest BCUT2D eigenvalue weighted by molar-refractivity contribution is -0.126. The standard InChI is InChI=1S/C24H19F3NO2/c1-29-21-11-9-17(13-22(21)30-2)23-19(14-24(25,26)27)18-12-16(8-10-20(18)28-23)15-6-4-3-5-7-15/h3-4,6-13,28H,14H2,1-2H3. The molecule has 0 spiro atoms. The van der Waals surface area contributed by atoms with E-state index in [1.807, 2.05) is 30.3 Å². The zero-order chi connectivity index (χ0) is 21.3. The lowest BCUT2D eigenvalue weighted by Gasteiger charge is -2.12. The van der Waals surface area contributed by atoms with Crippen LogP contribution in [0.15, 0.2) is 60.7 Å². The van der Waals surface area contributed by atoms with Crippen LogP contribution in [0, 0.1) is 6.07 Å². The topological polar surface area (TPSA) is 34.2 Å². The number of fused-ring (bicyclic) bond motifs is 1. The van der Waals surface area contributed by atoms with Gasteiger partial charge in [-0.3, -0.25) is 0 Å². The van der Waals surface area contributed by atoms with Gasteiger partial charge in [0.05, 0.1) is 26.3 Å². The Morgan fingerprint density at radius 3 is 2.33 bits per heavy atom. The van der Waals surface area contributed by atoms with Gasteiger partial charge in [-0.15, -0.1) is 0 Å². The van der Waals surface area contributed by atoms with Gasteiger partial charge in [0.2, 0.25) is 0 Å². The van der Waals surface area contributed by atoms with Crippen molar-refractivity contribution in [1.29, 1.82) is 0 Å². The quantitative estimate of drug-likeness (QED) is 0.412. The third kappa shape index (κ3) is 3.85. The second kappa shape index (κ2) is 7.78. The van der Waals surface area contributed by atoms with Crippen molar-refractivity contribution < 1.29 is 22.6 Å². The van der Waals surface area contributed by atoms with Gasteiger partial charge in [-0.1, -0.05) is 24.3 Å². The number of rotatable bonds is 5. The molecule has 30 heavy (non-hydrogen) atoms. The predicted molar refractivity (Wildman–Crippen MR) is 111 cm³/mol. The van der Waals surface area contributed by atoms with E-state index < -0.39 is 12.6 Å². The highest BCUT2D eigenvalue weighted by molar-refractivity contribution is 5.94. The van der Waals surface area contributed by atoms with Crippen molar-refractivity contribution in [2.24, 2.45) is 0 Å². The molecule has 3 aromatic carbocycles. The third-order valence-electron chi connectivity index (χ3n) is 5.00. The second-order valence-electron chi connectivity index (χ2n) is 6.89. The minimum Gasteiger partial charge on any atom is -0.493 e. The van der Waals surface area contributed by atoms with E-state index >= 15 is 0 Å². The van der Waals surface area contributed by atoms with Crippen LogP contribution < -0.4 is 9.47 Å². The molecule has 0 amide bonds. The normalized spacial score (nSPS) is 11.6. The first-order valence-corrected chi connectivity index (χ1v) is 9.30. The molecule has 0 saturated heterocycles. The van der Waals surface area contributed by atoms with Crippen LogP contribution in [-0.2, 0) is 6.42 Å². The Morgan fingerprint density at radius 2 is 1.67 bits per heavy atom. The van der Waals surface area contributed by atoms with Gasteiger partial charge in [0.1, 0.15) is 0 Å². The maximum atomic E-state index is 13.5. The zero-order valence-electron chi connectivity index (χ0n) is 16.4. The van der Waals surface area contributed by atoms with E-state index in [0.29, 0.717) is 33.7 Å². The predicted octanol–water partition coefficient (Wildman–Crippen LogP) is 6.42. The van der Waals surface area contributed by atoms with Crippen molar-refractivity contribution in [2.75, 3.05) is 14.2 Å². The Morgan fingerprint density at radius 1 is 0.900 bits per heavy atom. The van der Waals surface area contributed by atoms with Crippen LogP contribution in [0.5, 0.6) is 11.5 Å². The minimum absolute atomic E-state index is 0.200. The molecule has 0 aliphatic rings. The Balaban J connectivity index is 1.92. The fraction of sp³-hybridized carbons (Fsp3) is 0.167. The number of nitrogens with one attached hydrogen (secondary N) is 1. The molecule has 1 radical (unpaired) electrons.